The maximum atomic E-state index is 11.0. The molecule has 11 heteroatoms. The van der Waals surface area contributed by atoms with Gasteiger partial charge in [0.15, 0.2) is 5.69 Å². The van der Waals surface area contributed by atoms with Crippen LogP contribution in [0.2, 0.25) is 0 Å². The SMILES string of the molecule is CC(=O)N[C@@H](CSN=Nc1nc[nH]c1C(N)=O)C(=O)O. The molecule has 20 heavy (non-hydrogen) atoms. The topological polar surface area (TPSA) is 163 Å². The maximum absolute atomic E-state index is 11.0. The van der Waals surface area contributed by atoms with Gasteiger partial charge < -0.3 is 21.1 Å². The predicted octanol–water partition coefficient (Wildman–Crippen LogP) is -0.170. The number of carboxylic acid groups (broad SMARTS) is 1. The van der Waals surface area contributed by atoms with Gasteiger partial charge in [0.05, 0.1) is 6.33 Å². The van der Waals surface area contributed by atoms with Crippen LogP contribution in [0.15, 0.2) is 16.0 Å². The van der Waals surface area contributed by atoms with Gasteiger partial charge in [-0.25, -0.2) is 9.78 Å². The number of H-pyrrole nitrogens is 1. The van der Waals surface area contributed by atoms with Crippen LogP contribution < -0.4 is 11.1 Å². The molecule has 0 saturated carbocycles. The number of imidazole rings is 1. The molecule has 0 bridgehead atoms. The van der Waals surface area contributed by atoms with Crippen molar-refractivity contribution in [2.75, 3.05) is 5.75 Å². The zero-order valence-corrected chi connectivity index (χ0v) is 11.2. The molecule has 5 N–H and O–H groups in total. The van der Waals surface area contributed by atoms with Gasteiger partial charge in [-0.3, -0.25) is 9.59 Å². The average molecular weight is 300 g/mol. The van der Waals surface area contributed by atoms with Crippen molar-refractivity contribution >= 4 is 35.5 Å². The lowest BCUT2D eigenvalue weighted by Crippen LogP contribution is -2.41. The van der Waals surface area contributed by atoms with E-state index in [4.69, 9.17) is 10.8 Å². The fraction of sp³-hybridized carbons (Fsp3) is 0.333. The minimum atomic E-state index is -1.18. The monoisotopic (exact) mass is 300 g/mol. The first-order valence-corrected chi connectivity index (χ1v) is 6.22. The van der Waals surface area contributed by atoms with Crippen LogP contribution in [-0.2, 0) is 9.59 Å². The molecular formula is C9H12N6O4S. The number of hydrogen-bond donors (Lipinski definition) is 4. The van der Waals surface area contributed by atoms with Gasteiger partial charge in [0.2, 0.25) is 11.7 Å². The zero-order valence-electron chi connectivity index (χ0n) is 10.4. The molecule has 0 aliphatic rings. The quantitative estimate of drug-likeness (QED) is 0.403. The third-order valence-corrected chi connectivity index (χ3v) is 2.66. The number of hydrogen-bond acceptors (Lipinski definition) is 7. The molecule has 0 aliphatic heterocycles. The Balaban J connectivity index is 2.55. The maximum Gasteiger partial charge on any atom is 0.327 e. The third kappa shape index (κ3) is 4.68. The first-order valence-electron chi connectivity index (χ1n) is 5.28. The molecule has 1 aromatic heterocycles. The highest BCUT2D eigenvalue weighted by Crippen LogP contribution is 2.16. The van der Waals surface area contributed by atoms with Gasteiger partial charge in [-0.15, -0.1) is 9.63 Å². The summed E-state index contributed by atoms with van der Waals surface area (Å²) in [4.78, 5) is 38.8. The summed E-state index contributed by atoms with van der Waals surface area (Å²) in [5.41, 5.74) is 5.07. The highest BCUT2D eigenvalue weighted by Gasteiger charge is 2.18. The molecule has 0 fully saturated rings. The lowest BCUT2D eigenvalue weighted by Gasteiger charge is -2.09. The number of nitrogens with one attached hydrogen (secondary N) is 2. The molecule has 0 radical (unpaired) electrons. The Morgan fingerprint density at radius 3 is 2.85 bits per heavy atom. The highest BCUT2D eigenvalue weighted by molar-refractivity contribution is 7.97. The van der Waals surface area contributed by atoms with E-state index in [2.05, 4.69) is 24.9 Å². The molecule has 0 spiro atoms. The summed E-state index contributed by atoms with van der Waals surface area (Å²) >= 11 is 0.807. The normalized spacial score (nSPS) is 12.2. The second-order valence-electron chi connectivity index (χ2n) is 3.53. The average Bonchev–Trinajstić information content (AvgIpc) is 2.80. The van der Waals surface area contributed by atoms with Gasteiger partial charge in [-0.2, -0.15) is 0 Å². The molecule has 108 valence electrons. The number of nitrogens with zero attached hydrogens (tertiary/aromatic N) is 3. The summed E-state index contributed by atoms with van der Waals surface area (Å²) in [6.07, 6.45) is 1.23. The van der Waals surface area contributed by atoms with Crippen molar-refractivity contribution in [3.8, 4) is 0 Å². The fourth-order valence-corrected chi connectivity index (χ4v) is 1.72. The number of carbonyl (C=O) groups excluding carboxylic acids is 2. The Labute approximate surface area is 117 Å². The van der Waals surface area contributed by atoms with Crippen molar-refractivity contribution in [2.24, 2.45) is 15.4 Å². The fourth-order valence-electron chi connectivity index (χ4n) is 1.14. The van der Waals surface area contributed by atoms with Crippen LogP contribution in [0.5, 0.6) is 0 Å². The van der Waals surface area contributed by atoms with Crippen LogP contribution in [0.1, 0.15) is 17.4 Å². The summed E-state index contributed by atoms with van der Waals surface area (Å²) in [5, 5.41) is 14.7. The number of carboxylic acids is 1. The predicted molar refractivity (Wildman–Crippen MR) is 69.3 cm³/mol. The van der Waals surface area contributed by atoms with Gasteiger partial charge in [-0.1, -0.05) is 0 Å². The molecular weight excluding hydrogens is 288 g/mol. The minimum Gasteiger partial charge on any atom is -0.480 e. The summed E-state index contributed by atoms with van der Waals surface area (Å²) in [6.45, 7) is 1.21. The van der Waals surface area contributed by atoms with E-state index in [1.165, 1.54) is 13.3 Å². The van der Waals surface area contributed by atoms with Crippen LogP contribution in [0.25, 0.3) is 0 Å². The smallest absolute Gasteiger partial charge is 0.327 e. The highest BCUT2D eigenvalue weighted by atomic mass is 32.2. The lowest BCUT2D eigenvalue weighted by atomic mass is 10.3. The largest absolute Gasteiger partial charge is 0.480 e. The van der Waals surface area contributed by atoms with Crippen molar-refractivity contribution in [3.63, 3.8) is 0 Å². The Hall–Kier alpha value is -2.43. The van der Waals surface area contributed by atoms with E-state index in [0.29, 0.717) is 0 Å². The minimum absolute atomic E-state index is 0.00555. The Kier molecular flexibility index (Phi) is 5.65. The zero-order chi connectivity index (χ0) is 15.1. The number of aliphatic carboxylic acids is 1. The summed E-state index contributed by atoms with van der Waals surface area (Å²) in [5.74, 6) is -2.38. The third-order valence-electron chi connectivity index (χ3n) is 1.98. The molecule has 0 unspecified atom stereocenters. The molecule has 2 amide bonds. The van der Waals surface area contributed by atoms with E-state index < -0.39 is 23.8 Å². The van der Waals surface area contributed by atoms with E-state index >= 15 is 0 Å². The molecule has 0 aliphatic carbocycles. The molecule has 1 rings (SSSR count). The van der Waals surface area contributed by atoms with Gasteiger partial charge in [-0.05, 0) is 0 Å². The van der Waals surface area contributed by atoms with Crippen molar-refractivity contribution in [1.29, 1.82) is 0 Å². The number of amides is 2. The lowest BCUT2D eigenvalue weighted by molar-refractivity contribution is -0.140. The molecule has 0 aromatic carbocycles. The molecule has 1 heterocycles. The van der Waals surface area contributed by atoms with Gasteiger partial charge in [0.25, 0.3) is 5.91 Å². The van der Waals surface area contributed by atoms with Crippen LogP contribution in [-0.4, -0.2) is 44.7 Å². The van der Waals surface area contributed by atoms with E-state index in [-0.39, 0.29) is 17.3 Å². The first kappa shape index (κ1) is 15.6. The Morgan fingerprint density at radius 2 is 2.30 bits per heavy atom. The van der Waals surface area contributed by atoms with Crippen LogP contribution in [0.4, 0.5) is 5.82 Å². The number of primary amides is 1. The number of aromatic amines is 1. The second-order valence-corrected chi connectivity index (χ2v) is 4.29. The van der Waals surface area contributed by atoms with Crippen LogP contribution in [0, 0.1) is 0 Å². The first-order chi connectivity index (χ1) is 9.41. The summed E-state index contributed by atoms with van der Waals surface area (Å²) < 4.78 is 3.62. The molecule has 1 aromatic rings. The van der Waals surface area contributed by atoms with Crippen LogP contribution >= 0.6 is 11.9 Å². The molecule has 1 atom stereocenters. The number of nitrogens with two attached hydrogens (primary N) is 1. The summed E-state index contributed by atoms with van der Waals surface area (Å²) in [7, 11) is 0. The Bertz CT molecular complexity index is 542. The van der Waals surface area contributed by atoms with Crippen molar-refractivity contribution < 1.29 is 19.5 Å². The number of aromatic nitrogens is 2. The van der Waals surface area contributed by atoms with E-state index in [1.807, 2.05) is 0 Å². The second kappa shape index (κ2) is 7.23. The number of rotatable bonds is 7. The van der Waals surface area contributed by atoms with E-state index in [9.17, 15) is 14.4 Å². The standard InChI is InChI=1S/C9H12N6O4S/c1-4(16)13-5(9(18)19)2-20-15-14-8-6(7(10)17)11-3-12-8/h3,5H,2H2,1H3,(H2,10,17)(H,11,12)(H,13,16)(H,18,19)/t5-/m0/s1. The van der Waals surface area contributed by atoms with Gasteiger partial charge in [0, 0.05) is 24.6 Å². The van der Waals surface area contributed by atoms with Crippen molar-refractivity contribution in [2.45, 2.75) is 13.0 Å². The van der Waals surface area contributed by atoms with E-state index in [1.54, 1.807) is 0 Å². The Morgan fingerprint density at radius 1 is 1.60 bits per heavy atom. The number of carbonyl (C=O) groups is 3. The van der Waals surface area contributed by atoms with E-state index in [0.717, 1.165) is 11.9 Å². The van der Waals surface area contributed by atoms with Gasteiger partial charge >= 0.3 is 5.97 Å². The van der Waals surface area contributed by atoms with Crippen molar-refractivity contribution in [1.82, 2.24) is 15.3 Å². The molecule has 10 nitrogen and oxygen atoms in total. The van der Waals surface area contributed by atoms with Crippen molar-refractivity contribution in [3.05, 3.63) is 12.0 Å². The summed E-state index contributed by atoms with van der Waals surface area (Å²) in [6, 6.07) is -1.08. The van der Waals surface area contributed by atoms with Gasteiger partial charge in [0.1, 0.15) is 6.04 Å². The molecule has 0 saturated heterocycles. The van der Waals surface area contributed by atoms with Crippen LogP contribution in [0.3, 0.4) is 0 Å².